The van der Waals surface area contributed by atoms with Gasteiger partial charge in [-0.3, -0.25) is 11.3 Å². The molecule has 0 amide bonds. The Morgan fingerprint density at radius 1 is 1.58 bits per heavy atom. The molecule has 2 rings (SSSR count). The summed E-state index contributed by atoms with van der Waals surface area (Å²) in [6.45, 7) is 2.90. The van der Waals surface area contributed by atoms with Gasteiger partial charge in [-0.25, -0.2) is 0 Å². The van der Waals surface area contributed by atoms with Crippen molar-refractivity contribution in [3.05, 3.63) is 28.8 Å². The first-order chi connectivity index (χ1) is 9.15. The lowest BCUT2D eigenvalue weighted by Crippen LogP contribution is -2.44. The smallest absolute Gasteiger partial charge is 0.122 e. The number of nitrogens with one attached hydrogen (secondary N) is 1. The third-order valence-corrected chi connectivity index (χ3v) is 4.08. The van der Waals surface area contributed by atoms with Gasteiger partial charge in [-0.1, -0.05) is 11.6 Å². The molecule has 0 aliphatic carbocycles. The van der Waals surface area contributed by atoms with Crippen LogP contribution in [0.15, 0.2) is 18.2 Å². The van der Waals surface area contributed by atoms with E-state index in [-0.39, 0.29) is 12.1 Å². The van der Waals surface area contributed by atoms with Crippen LogP contribution >= 0.6 is 11.6 Å². The Morgan fingerprint density at radius 3 is 2.95 bits per heavy atom. The van der Waals surface area contributed by atoms with E-state index in [1.54, 1.807) is 7.11 Å². The molecule has 3 N–H and O–H groups in total. The largest absolute Gasteiger partial charge is 0.496 e. The van der Waals surface area contributed by atoms with Crippen molar-refractivity contribution in [1.29, 1.82) is 0 Å². The molecule has 0 bridgehead atoms. The molecule has 0 radical (unpaired) electrons. The van der Waals surface area contributed by atoms with E-state index in [1.807, 2.05) is 18.2 Å². The minimum atomic E-state index is 0.157. The van der Waals surface area contributed by atoms with Gasteiger partial charge in [-0.05, 0) is 43.5 Å². The topological polar surface area (TPSA) is 56.5 Å². The van der Waals surface area contributed by atoms with Crippen LogP contribution in [0.5, 0.6) is 5.75 Å². The van der Waals surface area contributed by atoms with E-state index in [0.717, 1.165) is 30.8 Å². The molecule has 0 aromatic heterocycles. The highest BCUT2D eigenvalue weighted by molar-refractivity contribution is 6.30. The van der Waals surface area contributed by atoms with Gasteiger partial charge in [0.2, 0.25) is 0 Å². The maximum absolute atomic E-state index is 6.06. The van der Waals surface area contributed by atoms with Crippen LogP contribution in [0.1, 0.15) is 18.9 Å². The lowest BCUT2D eigenvalue weighted by Gasteiger charge is -2.25. The molecule has 1 aliphatic heterocycles. The first-order valence-electron chi connectivity index (χ1n) is 6.56. The molecule has 3 unspecified atom stereocenters. The zero-order valence-corrected chi connectivity index (χ0v) is 12.1. The number of halogens is 1. The molecule has 1 heterocycles. The standard InChI is InChI=1S/C14H21ClN2O2/c1-9-12(5-6-19-9)13(17-16)8-10-7-11(15)3-4-14(10)18-2/h3-4,7,9,12-13,17H,5-6,8,16H2,1-2H3. The van der Waals surface area contributed by atoms with Crippen molar-refractivity contribution in [1.82, 2.24) is 5.43 Å². The molecule has 19 heavy (non-hydrogen) atoms. The predicted molar refractivity (Wildman–Crippen MR) is 76.3 cm³/mol. The quantitative estimate of drug-likeness (QED) is 0.643. The van der Waals surface area contributed by atoms with Crippen LogP contribution in [-0.2, 0) is 11.2 Å². The molecular weight excluding hydrogens is 264 g/mol. The normalized spacial score (nSPS) is 24.4. The van der Waals surface area contributed by atoms with Crippen LogP contribution in [0.4, 0.5) is 0 Å². The highest BCUT2D eigenvalue weighted by Crippen LogP contribution is 2.29. The second kappa shape index (κ2) is 6.57. The van der Waals surface area contributed by atoms with Crippen molar-refractivity contribution in [2.45, 2.75) is 31.9 Å². The number of hydrazine groups is 1. The number of methoxy groups -OCH3 is 1. The van der Waals surface area contributed by atoms with Gasteiger partial charge in [0.05, 0.1) is 13.2 Å². The predicted octanol–water partition coefficient (Wildman–Crippen LogP) is 2.15. The molecule has 1 aromatic rings. The number of ether oxygens (including phenoxy) is 2. The van der Waals surface area contributed by atoms with Gasteiger partial charge in [-0.2, -0.15) is 0 Å². The fourth-order valence-electron chi connectivity index (χ4n) is 2.75. The first-order valence-corrected chi connectivity index (χ1v) is 6.93. The number of hydrogen-bond donors (Lipinski definition) is 2. The van der Waals surface area contributed by atoms with Gasteiger partial charge in [0, 0.05) is 23.6 Å². The summed E-state index contributed by atoms with van der Waals surface area (Å²) in [6.07, 6.45) is 2.03. The van der Waals surface area contributed by atoms with Crippen LogP contribution in [0.2, 0.25) is 5.02 Å². The summed E-state index contributed by atoms with van der Waals surface area (Å²) in [5.41, 5.74) is 3.98. The van der Waals surface area contributed by atoms with Gasteiger partial charge in [0.1, 0.15) is 5.75 Å². The second-order valence-corrected chi connectivity index (χ2v) is 5.40. The summed E-state index contributed by atoms with van der Waals surface area (Å²) in [5.74, 6) is 6.97. The molecule has 106 valence electrons. The monoisotopic (exact) mass is 284 g/mol. The summed E-state index contributed by atoms with van der Waals surface area (Å²) in [4.78, 5) is 0. The van der Waals surface area contributed by atoms with E-state index >= 15 is 0 Å². The number of benzene rings is 1. The summed E-state index contributed by atoms with van der Waals surface area (Å²) in [5, 5.41) is 0.710. The lowest BCUT2D eigenvalue weighted by atomic mass is 9.89. The van der Waals surface area contributed by atoms with E-state index in [9.17, 15) is 0 Å². The average molecular weight is 285 g/mol. The van der Waals surface area contributed by atoms with E-state index in [1.165, 1.54) is 0 Å². The van der Waals surface area contributed by atoms with Crippen LogP contribution < -0.4 is 16.0 Å². The Kier molecular flexibility index (Phi) is 5.05. The van der Waals surface area contributed by atoms with Gasteiger partial charge >= 0.3 is 0 Å². The average Bonchev–Trinajstić information content (AvgIpc) is 2.82. The highest BCUT2D eigenvalue weighted by atomic mass is 35.5. The molecule has 1 aliphatic rings. The van der Waals surface area contributed by atoms with Gasteiger partial charge < -0.3 is 9.47 Å². The van der Waals surface area contributed by atoms with E-state index in [4.69, 9.17) is 26.9 Å². The van der Waals surface area contributed by atoms with E-state index in [0.29, 0.717) is 10.9 Å². The zero-order chi connectivity index (χ0) is 13.8. The zero-order valence-electron chi connectivity index (χ0n) is 11.4. The minimum absolute atomic E-state index is 0.157. The first kappa shape index (κ1) is 14.6. The lowest BCUT2D eigenvalue weighted by molar-refractivity contribution is 0.0953. The van der Waals surface area contributed by atoms with Gasteiger partial charge in [0.15, 0.2) is 0 Å². The maximum atomic E-state index is 6.06. The fourth-order valence-corrected chi connectivity index (χ4v) is 2.95. The highest BCUT2D eigenvalue weighted by Gasteiger charge is 2.31. The van der Waals surface area contributed by atoms with Crippen LogP contribution in [-0.4, -0.2) is 25.9 Å². The van der Waals surface area contributed by atoms with Crippen LogP contribution in [0, 0.1) is 5.92 Å². The summed E-state index contributed by atoms with van der Waals surface area (Å²) in [6, 6.07) is 5.81. The Labute approximate surface area is 119 Å². The van der Waals surface area contributed by atoms with Gasteiger partial charge in [0.25, 0.3) is 0 Å². The molecule has 4 nitrogen and oxygen atoms in total. The van der Waals surface area contributed by atoms with Crippen molar-refractivity contribution in [3.63, 3.8) is 0 Å². The second-order valence-electron chi connectivity index (χ2n) is 4.96. The third kappa shape index (κ3) is 3.39. The third-order valence-electron chi connectivity index (χ3n) is 3.85. The van der Waals surface area contributed by atoms with Crippen molar-refractivity contribution in [2.24, 2.45) is 11.8 Å². The molecule has 5 heteroatoms. The number of rotatable bonds is 5. The van der Waals surface area contributed by atoms with Crippen LogP contribution in [0.3, 0.4) is 0 Å². The Bertz CT molecular complexity index is 428. The van der Waals surface area contributed by atoms with Crippen LogP contribution in [0.25, 0.3) is 0 Å². The SMILES string of the molecule is COc1ccc(Cl)cc1CC(NN)C1CCOC1C. The summed E-state index contributed by atoms with van der Waals surface area (Å²) < 4.78 is 11.0. The van der Waals surface area contributed by atoms with Crippen molar-refractivity contribution in [2.75, 3.05) is 13.7 Å². The molecular formula is C14H21ClN2O2. The maximum Gasteiger partial charge on any atom is 0.122 e. The van der Waals surface area contributed by atoms with E-state index in [2.05, 4.69) is 12.3 Å². The van der Waals surface area contributed by atoms with E-state index < -0.39 is 0 Å². The van der Waals surface area contributed by atoms with Crippen molar-refractivity contribution >= 4 is 11.6 Å². The molecule has 1 saturated heterocycles. The minimum Gasteiger partial charge on any atom is -0.496 e. The summed E-state index contributed by atoms with van der Waals surface area (Å²) in [7, 11) is 1.67. The number of nitrogens with two attached hydrogens (primary N) is 1. The molecule has 0 spiro atoms. The molecule has 1 aromatic carbocycles. The number of hydrogen-bond acceptors (Lipinski definition) is 4. The Hall–Kier alpha value is -0.810. The molecule has 0 saturated carbocycles. The van der Waals surface area contributed by atoms with Crippen molar-refractivity contribution < 1.29 is 9.47 Å². The van der Waals surface area contributed by atoms with Crippen molar-refractivity contribution in [3.8, 4) is 5.75 Å². The fraction of sp³-hybridized carbons (Fsp3) is 0.571. The van der Waals surface area contributed by atoms with Gasteiger partial charge in [-0.15, -0.1) is 0 Å². The molecule has 1 fully saturated rings. The summed E-state index contributed by atoms with van der Waals surface area (Å²) >= 11 is 6.06. The molecule has 3 atom stereocenters. The Morgan fingerprint density at radius 2 is 2.37 bits per heavy atom. The Balaban J connectivity index is 2.15.